The lowest BCUT2D eigenvalue weighted by Gasteiger charge is -2.23. The Balaban J connectivity index is 2.28. The van der Waals surface area contributed by atoms with Gasteiger partial charge in [0.15, 0.2) is 11.5 Å². The van der Waals surface area contributed by atoms with Gasteiger partial charge in [-0.25, -0.2) is 0 Å². The molecule has 1 saturated carbocycles. The molecule has 0 spiro atoms. The minimum atomic E-state index is 0.186. The van der Waals surface area contributed by atoms with Crippen LogP contribution in [0.1, 0.15) is 31.7 Å². The second kappa shape index (κ2) is 6.70. The van der Waals surface area contributed by atoms with Crippen LogP contribution in [-0.4, -0.2) is 38.2 Å². The normalized spacial score (nSPS) is 13.7. The molecule has 0 aliphatic heterocycles. The Kier molecular flexibility index (Phi) is 4.94. The first kappa shape index (κ1) is 15.5. The summed E-state index contributed by atoms with van der Waals surface area (Å²) in [5.74, 6) is 1.99. The Morgan fingerprint density at radius 3 is 2.10 bits per heavy atom. The predicted octanol–water partition coefficient (Wildman–Crippen LogP) is 2.61. The van der Waals surface area contributed by atoms with Gasteiger partial charge in [-0.3, -0.25) is 4.79 Å². The van der Waals surface area contributed by atoms with Crippen molar-refractivity contribution in [2.45, 2.75) is 38.8 Å². The van der Waals surface area contributed by atoms with Gasteiger partial charge in [0.25, 0.3) is 0 Å². The smallest absolute Gasteiger partial charge is 0.222 e. The topological polar surface area (TPSA) is 48.0 Å². The highest BCUT2D eigenvalue weighted by molar-refractivity contribution is 5.76. The molecule has 0 heterocycles. The molecule has 0 radical (unpaired) electrons. The number of ether oxygens (including phenoxy) is 3. The molecule has 0 saturated heterocycles. The molecule has 1 aromatic carbocycles. The summed E-state index contributed by atoms with van der Waals surface area (Å²) in [6.07, 6.45) is 2.72. The molecular formula is C16H23NO4. The van der Waals surface area contributed by atoms with Crippen molar-refractivity contribution in [3.8, 4) is 17.2 Å². The van der Waals surface area contributed by atoms with Crippen molar-refractivity contribution in [2.24, 2.45) is 0 Å². The molecule has 116 valence electrons. The Bertz CT molecular complexity index is 486. The molecule has 21 heavy (non-hydrogen) atoms. The number of hydrogen-bond donors (Lipinski definition) is 0. The molecule has 2 rings (SSSR count). The number of carbonyl (C=O) groups excluding carboxylic acids is 1. The van der Waals surface area contributed by atoms with Crippen molar-refractivity contribution >= 4 is 5.91 Å². The van der Waals surface area contributed by atoms with E-state index in [2.05, 4.69) is 0 Å². The van der Waals surface area contributed by atoms with Crippen LogP contribution in [0, 0.1) is 0 Å². The Hall–Kier alpha value is -1.91. The number of benzene rings is 1. The van der Waals surface area contributed by atoms with Gasteiger partial charge in [0.05, 0.1) is 21.3 Å². The maximum Gasteiger partial charge on any atom is 0.222 e. The van der Waals surface area contributed by atoms with Crippen LogP contribution in [0.25, 0.3) is 0 Å². The van der Waals surface area contributed by atoms with Gasteiger partial charge in [-0.05, 0) is 30.5 Å². The van der Waals surface area contributed by atoms with E-state index in [0.717, 1.165) is 18.4 Å². The molecule has 1 amide bonds. The zero-order valence-electron chi connectivity index (χ0n) is 13.1. The average Bonchev–Trinajstić information content (AvgIpc) is 3.35. The van der Waals surface area contributed by atoms with Gasteiger partial charge in [-0.2, -0.15) is 0 Å². The van der Waals surface area contributed by atoms with Gasteiger partial charge in [0.1, 0.15) is 0 Å². The number of methoxy groups -OCH3 is 3. The second-order valence-electron chi connectivity index (χ2n) is 5.14. The molecule has 0 N–H and O–H groups in total. The largest absolute Gasteiger partial charge is 0.493 e. The van der Waals surface area contributed by atoms with E-state index in [1.165, 1.54) is 0 Å². The highest BCUT2D eigenvalue weighted by Gasteiger charge is 2.32. The van der Waals surface area contributed by atoms with Gasteiger partial charge in [0.2, 0.25) is 11.7 Å². The summed E-state index contributed by atoms with van der Waals surface area (Å²) in [5, 5.41) is 0. The van der Waals surface area contributed by atoms with Crippen LogP contribution in [-0.2, 0) is 11.3 Å². The van der Waals surface area contributed by atoms with Crippen LogP contribution < -0.4 is 14.2 Å². The minimum absolute atomic E-state index is 0.186. The van der Waals surface area contributed by atoms with Crippen LogP contribution in [0.3, 0.4) is 0 Å². The maximum absolute atomic E-state index is 12.1. The highest BCUT2D eigenvalue weighted by Crippen LogP contribution is 2.39. The Labute approximate surface area is 125 Å². The first-order valence-electron chi connectivity index (χ1n) is 7.22. The second-order valence-corrected chi connectivity index (χ2v) is 5.14. The van der Waals surface area contributed by atoms with E-state index in [4.69, 9.17) is 14.2 Å². The number of rotatable bonds is 7. The van der Waals surface area contributed by atoms with Crippen molar-refractivity contribution in [2.75, 3.05) is 21.3 Å². The first-order valence-corrected chi connectivity index (χ1v) is 7.22. The van der Waals surface area contributed by atoms with E-state index in [1.54, 1.807) is 21.3 Å². The van der Waals surface area contributed by atoms with Crippen LogP contribution in [0.5, 0.6) is 17.2 Å². The zero-order valence-corrected chi connectivity index (χ0v) is 13.1. The quantitative estimate of drug-likeness (QED) is 0.775. The fourth-order valence-electron chi connectivity index (χ4n) is 2.43. The summed E-state index contributed by atoms with van der Waals surface area (Å²) in [4.78, 5) is 14.0. The molecule has 5 nitrogen and oxygen atoms in total. The minimum Gasteiger partial charge on any atom is -0.493 e. The monoisotopic (exact) mass is 293 g/mol. The molecule has 0 aromatic heterocycles. The summed E-state index contributed by atoms with van der Waals surface area (Å²) < 4.78 is 16.0. The highest BCUT2D eigenvalue weighted by atomic mass is 16.5. The SMILES string of the molecule is CCC(=O)N(Cc1cc(OC)c(OC)c(OC)c1)C1CC1. The van der Waals surface area contributed by atoms with E-state index < -0.39 is 0 Å². The number of nitrogens with zero attached hydrogens (tertiary/aromatic N) is 1. The van der Waals surface area contributed by atoms with E-state index in [0.29, 0.717) is 36.3 Å². The predicted molar refractivity (Wildman–Crippen MR) is 80.0 cm³/mol. The van der Waals surface area contributed by atoms with Gasteiger partial charge < -0.3 is 19.1 Å². The summed E-state index contributed by atoms with van der Waals surface area (Å²) in [5.41, 5.74) is 0.984. The fraction of sp³-hybridized carbons (Fsp3) is 0.562. The van der Waals surface area contributed by atoms with Crippen LogP contribution in [0.2, 0.25) is 0 Å². The molecule has 0 bridgehead atoms. The van der Waals surface area contributed by atoms with Gasteiger partial charge in [-0.1, -0.05) is 6.92 Å². The molecule has 1 fully saturated rings. The molecule has 1 aliphatic rings. The molecule has 1 aromatic rings. The first-order chi connectivity index (χ1) is 10.1. The molecule has 1 aliphatic carbocycles. The van der Waals surface area contributed by atoms with Crippen LogP contribution in [0.4, 0.5) is 0 Å². The third-order valence-electron chi connectivity index (χ3n) is 3.69. The lowest BCUT2D eigenvalue weighted by Crippen LogP contribution is -2.31. The molecular weight excluding hydrogens is 270 g/mol. The summed E-state index contributed by atoms with van der Waals surface area (Å²) in [6.45, 7) is 2.47. The lowest BCUT2D eigenvalue weighted by molar-refractivity contribution is -0.132. The van der Waals surface area contributed by atoms with Crippen molar-refractivity contribution in [3.05, 3.63) is 17.7 Å². The zero-order chi connectivity index (χ0) is 15.4. The van der Waals surface area contributed by atoms with Crippen molar-refractivity contribution in [3.63, 3.8) is 0 Å². The summed E-state index contributed by atoms with van der Waals surface area (Å²) in [6, 6.07) is 4.19. The van der Waals surface area contributed by atoms with E-state index in [1.807, 2.05) is 24.0 Å². The average molecular weight is 293 g/mol. The standard InChI is InChI=1S/C16H23NO4/c1-5-15(18)17(12-6-7-12)10-11-8-13(19-2)16(21-4)14(9-11)20-3/h8-9,12H,5-7,10H2,1-4H3. The Morgan fingerprint density at radius 1 is 1.14 bits per heavy atom. The third kappa shape index (κ3) is 3.40. The fourth-order valence-corrected chi connectivity index (χ4v) is 2.43. The maximum atomic E-state index is 12.1. The van der Waals surface area contributed by atoms with E-state index >= 15 is 0 Å². The van der Waals surface area contributed by atoms with E-state index in [9.17, 15) is 4.79 Å². The van der Waals surface area contributed by atoms with E-state index in [-0.39, 0.29) is 5.91 Å². The van der Waals surface area contributed by atoms with Gasteiger partial charge in [-0.15, -0.1) is 0 Å². The number of amides is 1. The van der Waals surface area contributed by atoms with Crippen molar-refractivity contribution < 1.29 is 19.0 Å². The van der Waals surface area contributed by atoms with Crippen molar-refractivity contribution in [1.29, 1.82) is 0 Å². The molecule has 5 heteroatoms. The van der Waals surface area contributed by atoms with Crippen molar-refractivity contribution in [1.82, 2.24) is 4.90 Å². The van der Waals surface area contributed by atoms with Gasteiger partial charge in [0, 0.05) is 19.0 Å². The van der Waals surface area contributed by atoms with Gasteiger partial charge >= 0.3 is 0 Å². The Morgan fingerprint density at radius 2 is 1.71 bits per heavy atom. The lowest BCUT2D eigenvalue weighted by atomic mass is 10.1. The third-order valence-corrected chi connectivity index (χ3v) is 3.69. The number of hydrogen-bond acceptors (Lipinski definition) is 4. The molecule has 0 unspecified atom stereocenters. The molecule has 0 atom stereocenters. The van der Waals surface area contributed by atoms with Crippen LogP contribution in [0.15, 0.2) is 12.1 Å². The van der Waals surface area contributed by atoms with Crippen LogP contribution >= 0.6 is 0 Å². The summed E-state index contributed by atoms with van der Waals surface area (Å²) >= 11 is 0. The number of carbonyl (C=O) groups is 1. The summed E-state index contributed by atoms with van der Waals surface area (Å²) in [7, 11) is 4.77.